The lowest BCUT2D eigenvalue weighted by molar-refractivity contribution is 0.567. The number of aromatic nitrogens is 4. The summed E-state index contributed by atoms with van der Waals surface area (Å²) >= 11 is 0. The number of hydrogen-bond donors (Lipinski definition) is 0. The normalized spacial score (nSPS) is 15.2. The van der Waals surface area contributed by atoms with Crippen molar-refractivity contribution in [1.82, 2.24) is 19.5 Å². The quantitative estimate of drug-likeness (QED) is 0.834. The lowest BCUT2D eigenvalue weighted by Gasteiger charge is -2.26. The van der Waals surface area contributed by atoms with Gasteiger partial charge in [-0.3, -0.25) is 4.57 Å². The van der Waals surface area contributed by atoms with E-state index in [2.05, 4.69) is 19.9 Å². The average molecular weight is 266 g/mol. The predicted octanol–water partition coefficient (Wildman–Crippen LogP) is 2.07. The first-order valence-electron chi connectivity index (χ1n) is 6.00. The molecule has 1 aliphatic rings. The second kappa shape index (κ2) is 5.82. The van der Waals surface area contributed by atoms with Crippen LogP contribution in [0, 0.1) is 0 Å². The van der Waals surface area contributed by atoms with E-state index in [1.165, 1.54) is 19.3 Å². The van der Waals surface area contributed by atoms with Crippen molar-refractivity contribution >= 4 is 18.4 Å². The summed E-state index contributed by atoms with van der Waals surface area (Å²) in [5.74, 6) is 1.70. The molecule has 0 aromatic carbocycles. The van der Waals surface area contributed by atoms with Crippen LogP contribution in [0.1, 0.15) is 19.3 Å². The molecule has 0 spiro atoms. The molecule has 6 heteroatoms. The SMILES string of the molecule is Cl.c1cn(-c2ccnc(N3CCCCC3)n2)cn1. The Kier molecular flexibility index (Phi) is 4.15. The number of halogens is 1. The third-order valence-electron chi connectivity index (χ3n) is 3.04. The molecular formula is C12H16ClN5. The van der Waals surface area contributed by atoms with Gasteiger partial charge in [0.1, 0.15) is 12.1 Å². The molecule has 0 unspecified atom stereocenters. The van der Waals surface area contributed by atoms with Gasteiger partial charge in [-0.05, 0) is 25.3 Å². The Balaban J connectivity index is 0.00000120. The highest BCUT2D eigenvalue weighted by atomic mass is 35.5. The van der Waals surface area contributed by atoms with E-state index >= 15 is 0 Å². The third kappa shape index (κ3) is 2.61. The maximum Gasteiger partial charge on any atom is 0.227 e. The number of hydrogen-bond acceptors (Lipinski definition) is 4. The van der Waals surface area contributed by atoms with Gasteiger partial charge in [0.2, 0.25) is 5.95 Å². The summed E-state index contributed by atoms with van der Waals surface area (Å²) in [6.45, 7) is 2.13. The first kappa shape index (κ1) is 12.8. The van der Waals surface area contributed by atoms with Crippen LogP contribution in [0.15, 0.2) is 31.0 Å². The van der Waals surface area contributed by atoms with Crippen molar-refractivity contribution in [2.45, 2.75) is 19.3 Å². The molecule has 5 nitrogen and oxygen atoms in total. The second-order valence-corrected chi connectivity index (χ2v) is 4.23. The van der Waals surface area contributed by atoms with Crippen molar-refractivity contribution in [3.63, 3.8) is 0 Å². The molecule has 18 heavy (non-hydrogen) atoms. The van der Waals surface area contributed by atoms with E-state index in [1.807, 2.05) is 23.0 Å². The van der Waals surface area contributed by atoms with Gasteiger partial charge in [-0.15, -0.1) is 12.4 Å². The fraction of sp³-hybridized carbons (Fsp3) is 0.417. The van der Waals surface area contributed by atoms with Crippen LogP contribution in [0.4, 0.5) is 5.95 Å². The molecule has 1 aliphatic heterocycles. The summed E-state index contributed by atoms with van der Waals surface area (Å²) in [6, 6.07) is 1.90. The Morgan fingerprint density at radius 2 is 1.89 bits per heavy atom. The van der Waals surface area contributed by atoms with Gasteiger partial charge in [0.25, 0.3) is 0 Å². The molecule has 96 valence electrons. The summed E-state index contributed by atoms with van der Waals surface area (Å²) in [5.41, 5.74) is 0. The van der Waals surface area contributed by atoms with Gasteiger partial charge in [-0.1, -0.05) is 0 Å². The monoisotopic (exact) mass is 265 g/mol. The van der Waals surface area contributed by atoms with Gasteiger partial charge in [-0.2, -0.15) is 4.98 Å². The molecule has 0 saturated carbocycles. The zero-order valence-corrected chi connectivity index (χ0v) is 10.9. The van der Waals surface area contributed by atoms with Gasteiger partial charge >= 0.3 is 0 Å². The largest absolute Gasteiger partial charge is 0.341 e. The zero-order chi connectivity index (χ0) is 11.5. The van der Waals surface area contributed by atoms with Crippen LogP contribution in [-0.4, -0.2) is 32.6 Å². The van der Waals surface area contributed by atoms with E-state index in [0.29, 0.717) is 0 Å². The van der Waals surface area contributed by atoms with E-state index in [1.54, 1.807) is 12.5 Å². The molecule has 3 rings (SSSR count). The van der Waals surface area contributed by atoms with E-state index < -0.39 is 0 Å². The molecule has 3 heterocycles. The maximum atomic E-state index is 4.58. The minimum Gasteiger partial charge on any atom is -0.341 e. The molecule has 2 aromatic heterocycles. The van der Waals surface area contributed by atoms with Crippen LogP contribution < -0.4 is 4.90 Å². The highest BCUT2D eigenvalue weighted by molar-refractivity contribution is 5.85. The second-order valence-electron chi connectivity index (χ2n) is 4.23. The van der Waals surface area contributed by atoms with Crippen LogP contribution in [-0.2, 0) is 0 Å². The molecule has 2 aromatic rings. The molecule has 1 fully saturated rings. The van der Waals surface area contributed by atoms with Crippen LogP contribution in [0.25, 0.3) is 5.82 Å². The molecular weight excluding hydrogens is 250 g/mol. The summed E-state index contributed by atoms with van der Waals surface area (Å²) < 4.78 is 1.90. The smallest absolute Gasteiger partial charge is 0.227 e. The summed E-state index contributed by atoms with van der Waals surface area (Å²) in [5, 5.41) is 0. The first-order valence-corrected chi connectivity index (χ1v) is 6.00. The molecule has 0 atom stereocenters. The number of rotatable bonds is 2. The van der Waals surface area contributed by atoms with Crippen LogP contribution in [0.5, 0.6) is 0 Å². The Morgan fingerprint density at radius 3 is 2.61 bits per heavy atom. The summed E-state index contributed by atoms with van der Waals surface area (Å²) in [7, 11) is 0. The van der Waals surface area contributed by atoms with Crippen LogP contribution in [0.2, 0.25) is 0 Å². The van der Waals surface area contributed by atoms with Crippen molar-refractivity contribution in [1.29, 1.82) is 0 Å². The Bertz CT molecular complexity index is 479. The van der Waals surface area contributed by atoms with Crippen molar-refractivity contribution < 1.29 is 0 Å². The van der Waals surface area contributed by atoms with Crippen molar-refractivity contribution in [2.75, 3.05) is 18.0 Å². The summed E-state index contributed by atoms with van der Waals surface area (Å²) in [4.78, 5) is 15.2. The number of nitrogens with zero attached hydrogens (tertiary/aromatic N) is 5. The first-order chi connectivity index (χ1) is 8.43. The van der Waals surface area contributed by atoms with Crippen molar-refractivity contribution in [3.8, 4) is 5.82 Å². The minimum absolute atomic E-state index is 0. The van der Waals surface area contributed by atoms with Crippen LogP contribution in [0.3, 0.4) is 0 Å². The third-order valence-corrected chi connectivity index (χ3v) is 3.04. The zero-order valence-electron chi connectivity index (χ0n) is 10.1. The van der Waals surface area contributed by atoms with E-state index in [0.717, 1.165) is 24.9 Å². The van der Waals surface area contributed by atoms with Crippen molar-refractivity contribution in [2.24, 2.45) is 0 Å². The van der Waals surface area contributed by atoms with Crippen molar-refractivity contribution in [3.05, 3.63) is 31.0 Å². The minimum atomic E-state index is 0. The molecule has 0 radical (unpaired) electrons. The van der Waals surface area contributed by atoms with Gasteiger partial charge < -0.3 is 4.90 Å². The lowest BCUT2D eigenvalue weighted by atomic mass is 10.1. The fourth-order valence-corrected chi connectivity index (χ4v) is 2.12. The summed E-state index contributed by atoms with van der Waals surface area (Å²) in [6.07, 6.45) is 11.0. The molecule has 0 N–H and O–H groups in total. The number of piperidine rings is 1. The lowest BCUT2D eigenvalue weighted by Crippen LogP contribution is -2.31. The van der Waals surface area contributed by atoms with Crippen LogP contribution >= 0.6 is 12.4 Å². The van der Waals surface area contributed by atoms with E-state index in [4.69, 9.17) is 0 Å². The molecule has 0 aliphatic carbocycles. The van der Waals surface area contributed by atoms with E-state index in [-0.39, 0.29) is 12.4 Å². The number of anilines is 1. The fourth-order valence-electron chi connectivity index (χ4n) is 2.12. The van der Waals surface area contributed by atoms with Gasteiger partial charge in [-0.25, -0.2) is 9.97 Å². The molecule has 0 bridgehead atoms. The molecule has 1 saturated heterocycles. The highest BCUT2D eigenvalue weighted by Gasteiger charge is 2.13. The van der Waals surface area contributed by atoms with Gasteiger partial charge in [0, 0.05) is 31.7 Å². The topological polar surface area (TPSA) is 46.8 Å². The van der Waals surface area contributed by atoms with Gasteiger partial charge in [0.15, 0.2) is 0 Å². The van der Waals surface area contributed by atoms with Gasteiger partial charge in [0.05, 0.1) is 0 Å². The standard InChI is InChI=1S/C12H15N5.ClH/c1-2-7-16(8-3-1)12-14-5-4-11(15-12)17-9-6-13-10-17;/h4-6,9-10H,1-3,7-8H2;1H. The Hall–Kier alpha value is -1.62. The Morgan fingerprint density at radius 1 is 1.06 bits per heavy atom. The molecule has 0 amide bonds. The highest BCUT2D eigenvalue weighted by Crippen LogP contribution is 2.16. The average Bonchev–Trinajstić information content (AvgIpc) is 2.94. The number of imidazole rings is 1. The Labute approximate surface area is 112 Å². The maximum absolute atomic E-state index is 4.58. The predicted molar refractivity (Wildman–Crippen MR) is 72.5 cm³/mol. The van der Waals surface area contributed by atoms with E-state index in [9.17, 15) is 0 Å².